The summed E-state index contributed by atoms with van der Waals surface area (Å²) < 4.78 is 5.18. The molecule has 1 saturated carbocycles. The lowest BCUT2D eigenvalue weighted by Crippen LogP contribution is -2.62. The van der Waals surface area contributed by atoms with Gasteiger partial charge in [-0.3, -0.25) is 10.1 Å². The first-order chi connectivity index (χ1) is 6.23. The molecule has 2 aliphatic rings. The highest BCUT2D eigenvalue weighted by molar-refractivity contribution is 5.81. The van der Waals surface area contributed by atoms with E-state index in [9.17, 15) is 4.79 Å². The van der Waals surface area contributed by atoms with Crippen LogP contribution in [-0.2, 0) is 9.53 Å². The third kappa shape index (κ3) is 1.57. The molecule has 0 aromatic carbocycles. The molecule has 2 fully saturated rings. The standard InChI is InChI=1S/C10H17NO2/c1-8-7-13-9(12)10(11-8)5-3-2-4-6-10/h8,11H,2-7H2,1H3/t8-/m1/s1. The number of hydrogen-bond donors (Lipinski definition) is 1. The average Bonchev–Trinajstić information content (AvgIpc) is 2.14. The zero-order valence-corrected chi connectivity index (χ0v) is 8.14. The van der Waals surface area contributed by atoms with Crippen molar-refractivity contribution in [1.82, 2.24) is 5.32 Å². The molecule has 0 aromatic rings. The summed E-state index contributed by atoms with van der Waals surface area (Å²) in [5.41, 5.74) is -0.323. The minimum absolute atomic E-state index is 0.0229. The Labute approximate surface area is 78.8 Å². The van der Waals surface area contributed by atoms with E-state index < -0.39 is 0 Å². The maximum Gasteiger partial charge on any atom is 0.326 e. The Morgan fingerprint density at radius 3 is 2.77 bits per heavy atom. The molecule has 1 saturated heterocycles. The fraction of sp³-hybridized carbons (Fsp3) is 0.900. The maximum absolute atomic E-state index is 11.6. The highest BCUT2D eigenvalue weighted by atomic mass is 16.5. The van der Waals surface area contributed by atoms with Gasteiger partial charge in [-0.05, 0) is 19.8 Å². The molecule has 0 bridgehead atoms. The molecule has 0 unspecified atom stereocenters. The van der Waals surface area contributed by atoms with E-state index in [-0.39, 0.29) is 11.5 Å². The first-order valence-corrected chi connectivity index (χ1v) is 5.18. The lowest BCUT2D eigenvalue weighted by molar-refractivity contribution is -0.160. The number of cyclic esters (lactones) is 1. The summed E-state index contributed by atoms with van der Waals surface area (Å²) in [6, 6.07) is 0.316. The van der Waals surface area contributed by atoms with E-state index >= 15 is 0 Å². The van der Waals surface area contributed by atoms with Gasteiger partial charge < -0.3 is 4.74 Å². The van der Waals surface area contributed by atoms with E-state index in [1.54, 1.807) is 0 Å². The van der Waals surface area contributed by atoms with E-state index in [2.05, 4.69) is 12.2 Å². The van der Waals surface area contributed by atoms with Crippen molar-refractivity contribution in [3.63, 3.8) is 0 Å². The van der Waals surface area contributed by atoms with Gasteiger partial charge in [-0.2, -0.15) is 0 Å². The highest BCUT2D eigenvalue weighted by Gasteiger charge is 2.44. The molecule has 2 rings (SSSR count). The number of nitrogens with one attached hydrogen (secondary N) is 1. The first kappa shape index (κ1) is 9.00. The van der Waals surface area contributed by atoms with Crippen molar-refractivity contribution < 1.29 is 9.53 Å². The molecule has 74 valence electrons. The van der Waals surface area contributed by atoms with Gasteiger partial charge in [0, 0.05) is 6.04 Å². The zero-order valence-electron chi connectivity index (χ0n) is 8.14. The molecular weight excluding hydrogens is 166 g/mol. The van der Waals surface area contributed by atoms with Crippen molar-refractivity contribution in [2.24, 2.45) is 0 Å². The molecule has 1 spiro atoms. The topological polar surface area (TPSA) is 38.3 Å². The predicted octanol–water partition coefficient (Wildman–Crippen LogP) is 1.22. The monoisotopic (exact) mass is 183 g/mol. The molecule has 0 aromatic heterocycles. The van der Waals surface area contributed by atoms with E-state index in [0.29, 0.717) is 12.6 Å². The van der Waals surface area contributed by atoms with Crippen LogP contribution in [0.25, 0.3) is 0 Å². The summed E-state index contributed by atoms with van der Waals surface area (Å²) in [4.78, 5) is 11.6. The second-order valence-corrected chi connectivity index (χ2v) is 4.29. The molecule has 3 nitrogen and oxygen atoms in total. The smallest absolute Gasteiger partial charge is 0.326 e. The Balaban J connectivity index is 2.11. The van der Waals surface area contributed by atoms with Crippen molar-refractivity contribution in [3.05, 3.63) is 0 Å². The second-order valence-electron chi connectivity index (χ2n) is 4.29. The quantitative estimate of drug-likeness (QED) is 0.574. The van der Waals surface area contributed by atoms with Crippen LogP contribution in [-0.4, -0.2) is 24.2 Å². The molecule has 1 aliphatic heterocycles. The Kier molecular flexibility index (Phi) is 2.28. The minimum Gasteiger partial charge on any atom is -0.463 e. The Hall–Kier alpha value is -0.570. The summed E-state index contributed by atoms with van der Waals surface area (Å²) in [6.45, 7) is 2.60. The summed E-state index contributed by atoms with van der Waals surface area (Å²) >= 11 is 0. The number of carbonyl (C=O) groups excluding carboxylic acids is 1. The number of morpholine rings is 1. The van der Waals surface area contributed by atoms with Crippen molar-refractivity contribution in [1.29, 1.82) is 0 Å². The van der Waals surface area contributed by atoms with Crippen LogP contribution >= 0.6 is 0 Å². The van der Waals surface area contributed by atoms with Crippen molar-refractivity contribution >= 4 is 5.97 Å². The Morgan fingerprint density at radius 2 is 2.08 bits per heavy atom. The van der Waals surface area contributed by atoms with Gasteiger partial charge in [-0.1, -0.05) is 19.3 Å². The Morgan fingerprint density at radius 1 is 1.38 bits per heavy atom. The average molecular weight is 183 g/mol. The van der Waals surface area contributed by atoms with Crippen molar-refractivity contribution in [2.75, 3.05) is 6.61 Å². The molecule has 3 heteroatoms. The van der Waals surface area contributed by atoms with Crippen LogP contribution in [0.1, 0.15) is 39.0 Å². The van der Waals surface area contributed by atoms with Crippen LogP contribution in [0.5, 0.6) is 0 Å². The molecule has 1 aliphatic carbocycles. The van der Waals surface area contributed by atoms with Gasteiger partial charge in [0.15, 0.2) is 0 Å². The fourth-order valence-electron chi connectivity index (χ4n) is 2.41. The van der Waals surface area contributed by atoms with E-state index in [4.69, 9.17) is 4.74 Å². The molecular formula is C10H17NO2. The van der Waals surface area contributed by atoms with Gasteiger partial charge in [0.25, 0.3) is 0 Å². The van der Waals surface area contributed by atoms with Crippen LogP contribution in [0.2, 0.25) is 0 Å². The predicted molar refractivity (Wildman–Crippen MR) is 49.4 cm³/mol. The SMILES string of the molecule is C[C@@H]1COC(=O)C2(CCCCC2)N1. The highest BCUT2D eigenvalue weighted by Crippen LogP contribution is 2.31. The number of esters is 1. The largest absolute Gasteiger partial charge is 0.463 e. The van der Waals surface area contributed by atoms with Crippen LogP contribution < -0.4 is 5.32 Å². The molecule has 0 amide bonds. The zero-order chi connectivity index (χ0) is 9.31. The van der Waals surface area contributed by atoms with Gasteiger partial charge in [-0.25, -0.2) is 0 Å². The number of hydrogen-bond acceptors (Lipinski definition) is 3. The molecule has 1 atom stereocenters. The van der Waals surface area contributed by atoms with Gasteiger partial charge in [0.05, 0.1) is 0 Å². The summed E-state index contributed by atoms with van der Waals surface area (Å²) in [6.07, 6.45) is 5.46. The van der Waals surface area contributed by atoms with E-state index in [1.165, 1.54) is 6.42 Å². The minimum atomic E-state index is -0.323. The van der Waals surface area contributed by atoms with Crippen LogP contribution in [0.3, 0.4) is 0 Å². The van der Waals surface area contributed by atoms with Gasteiger partial charge in [-0.15, -0.1) is 0 Å². The van der Waals surface area contributed by atoms with Gasteiger partial charge in [0.1, 0.15) is 12.1 Å². The van der Waals surface area contributed by atoms with Gasteiger partial charge in [0.2, 0.25) is 0 Å². The van der Waals surface area contributed by atoms with E-state index in [1.807, 2.05) is 0 Å². The van der Waals surface area contributed by atoms with Crippen molar-refractivity contribution in [2.45, 2.75) is 50.6 Å². The molecule has 1 heterocycles. The number of rotatable bonds is 0. The Bertz CT molecular complexity index is 209. The molecule has 13 heavy (non-hydrogen) atoms. The number of ether oxygens (including phenoxy) is 1. The first-order valence-electron chi connectivity index (χ1n) is 5.18. The summed E-state index contributed by atoms with van der Waals surface area (Å²) in [5, 5.41) is 3.41. The normalized spacial score (nSPS) is 33.0. The maximum atomic E-state index is 11.6. The summed E-state index contributed by atoms with van der Waals surface area (Å²) in [7, 11) is 0. The van der Waals surface area contributed by atoms with Crippen molar-refractivity contribution in [3.8, 4) is 0 Å². The third-order valence-electron chi connectivity index (χ3n) is 3.08. The molecule has 1 N–H and O–H groups in total. The summed E-state index contributed by atoms with van der Waals surface area (Å²) in [5.74, 6) is -0.0229. The molecule has 0 radical (unpaired) electrons. The van der Waals surface area contributed by atoms with Crippen LogP contribution in [0.4, 0.5) is 0 Å². The second kappa shape index (κ2) is 3.29. The fourth-order valence-corrected chi connectivity index (χ4v) is 2.41. The third-order valence-corrected chi connectivity index (χ3v) is 3.08. The number of carbonyl (C=O) groups is 1. The van der Waals surface area contributed by atoms with Crippen LogP contribution in [0.15, 0.2) is 0 Å². The van der Waals surface area contributed by atoms with Gasteiger partial charge >= 0.3 is 5.97 Å². The van der Waals surface area contributed by atoms with Crippen LogP contribution in [0, 0.1) is 0 Å². The van der Waals surface area contributed by atoms with E-state index in [0.717, 1.165) is 25.7 Å². The lowest BCUT2D eigenvalue weighted by atomic mass is 9.80. The lowest BCUT2D eigenvalue weighted by Gasteiger charge is -2.41.